The molecule has 0 fully saturated rings. The van der Waals surface area contributed by atoms with Crippen LogP contribution in [0.25, 0.3) is 15.7 Å². The number of benzene rings is 1. The van der Waals surface area contributed by atoms with Gasteiger partial charge < -0.3 is 20.7 Å². The first-order chi connectivity index (χ1) is 14.9. The largest absolute Gasteiger partial charge is 0.489 e. The number of hydrogen-bond donors (Lipinski definition) is 3. The summed E-state index contributed by atoms with van der Waals surface area (Å²) in [7, 11) is 0. The van der Waals surface area contributed by atoms with Crippen LogP contribution in [0.1, 0.15) is 30.8 Å². The summed E-state index contributed by atoms with van der Waals surface area (Å²) in [6.07, 6.45) is 0.815. The van der Waals surface area contributed by atoms with Gasteiger partial charge in [0.15, 0.2) is 0 Å². The van der Waals surface area contributed by atoms with Gasteiger partial charge in [0.2, 0.25) is 5.13 Å². The Balaban J connectivity index is 1.59. The van der Waals surface area contributed by atoms with E-state index in [9.17, 15) is 10.2 Å². The van der Waals surface area contributed by atoms with Crippen molar-refractivity contribution in [3.8, 4) is 21.5 Å². The predicted molar refractivity (Wildman–Crippen MR) is 119 cm³/mol. The minimum Gasteiger partial charge on any atom is -0.489 e. The highest BCUT2D eigenvalue weighted by Gasteiger charge is 2.28. The van der Waals surface area contributed by atoms with Gasteiger partial charge >= 0.3 is 0 Å². The van der Waals surface area contributed by atoms with Crippen LogP contribution in [0.15, 0.2) is 18.2 Å². The van der Waals surface area contributed by atoms with Gasteiger partial charge in [0.25, 0.3) is 0 Å². The standard InChI is InChI=1S/C21H28N6O3S/c1-12(2)30-19-5-4-14(8-17(19)22)20-23-24-21(31-20)27-13(3)16-9-26(15(10-28)11-29)7-6-18(16)25-27/h4-5,8,12,15,28-29H,6-7,9-11,22H2,1-3H3. The Morgan fingerprint density at radius 2 is 2.00 bits per heavy atom. The quantitative estimate of drug-likeness (QED) is 0.471. The molecule has 31 heavy (non-hydrogen) atoms. The molecule has 1 aliphatic heterocycles. The van der Waals surface area contributed by atoms with E-state index in [-0.39, 0.29) is 25.4 Å². The molecule has 3 heterocycles. The Bertz CT molecular complexity index is 1060. The molecule has 0 bridgehead atoms. The molecule has 0 atom stereocenters. The third kappa shape index (κ3) is 4.29. The maximum Gasteiger partial charge on any atom is 0.233 e. The summed E-state index contributed by atoms with van der Waals surface area (Å²) in [5, 5.41) is 33.9. The maximum absolute atomic E-state index is 9.51. The first-order valence-corrected chi connectivity index (χ1v) is 11.2. The number of fused-ring (bicyclic) bond motifs is 1. The molecule has 0 aliphatic carbocycles. The SMILES string of the molecule is Cc1c2c(nn1-c1nnc(-c3ccc(OC(C)C)c(N)c3)s1)CCN(C(CO)CO)C2. The molecule has 0 radical (unpaired) electrons. The highest BCUT2D eigenvalue weighted by Crippen LogP contribution is 2.33. The first-order valence-electron chi connectivity index (χ1n) is 10.3. The summed E-state index contributed by atoms with van der Waals surface area (Å²) in [6, 6.07) is 5.39. The van der Waals surface area contributed by atoms with Gasteiger partial charge in [-0.25, -0.2) is 4.68 Å². The van der Waals surface area contributed by atoms with Crippen molar-refractivity contribution in [3.63, 3.8) is 0 Å². The Morgan fingerprint density at radius 3 is 2.68 bits per heavy atom. The Labute approximate surface area is 185 Å². The molecule has 166 valence electrons. The van der Waals surface area contributed by atoms with Crippen LogP contribution < -0.4 is 10.5 Å². The molecule has 0 amide bonds. The zero-order chi connectivity index (χ0) is 22.1. The zero-order valence-corrected chi connectivity index (χ0v) is 18.8. The molecule has 4 rings (SSSR count). The van der Waals surface area contributed by atoms with E-state index >= 15 is 0 Å². The van der Waals surface area contributed by atoms with Gasteiger partial charge in [-0.3, -0.25) is 4.90 Å². The van der Waals surface area contributed by atoms with Gasteiger partial charge in [0.1, 0.15) is 10.8 Å². The van der Waals surface area contributed by atoms with E-state index in [1.807, 2.05) is 43.7 Å². The monoisotopic (exact) mass is 444 g/mol. The number of aromatic nitrogens is 4. The molecule has 0 unspecified atom stereocenters. The van der Waals surface area contributed by atoms with Crippen molar-refractivity contribution in [2.75, 3.05) is 25.5 Å². The number of anilines is 1. The van der Waals surface area contributed by atoms with Crippen LogP contribution in [0, 0.1) is 6.92 Å². The smallest absolute Gasteiger partial charge is 0.233 e. The van der Waals surface area contributed by atoms with E-state index in [0.717, 1.165) is 40.5 Å². The van der Waals surface area contributed by atoms with Gasteiger partial charge in [0.05, 0.1) is 36.7 Å². The minimum absolute atomic E-state index is 0.0519. The lowest BCUT2D eigenvalue weighted by Gasteiger charge is -2.32. The third-order valence-electron chi connectivity index (χ3n) is 5.47. The van der Waals surface area contributed by atoms with E-state index in [4.69, 9.17) is 15.6 Å². The number of nitrogens with two attached hydrogens (primary N) is 1. The maximum atomic E-state index is 9.51. The Kier molecular flexibility index (Phi) is 6.24. The van der Waals surface area contributed by atoms with Gasteiger partial charge in [-0.15, -0.1) is 10.2 Å². The van der Waals surface area contributed by atoms with Gasteiger partial charge in [-0.2, -0.15) is 5.10 Å². The molecule has 1 aliphatic rings. The molecule has 0 saturated heterocycles. The molecule has 3 aromatic rings. The van der Waals surface area contributed by atoms with Gasteiger partial charge in [-0.1, -0.05) is 11.3 Å². The lowest BCUT2D eigenvalue weighted by atomic mass is 10.0. The highest BCUT2D eigenvalue weighted by atomic mass is 32.1. The van der Waals surface area contributed by atoms with E-state index in [1.54, 1.807) is 0 Å². The fraction of sp³-hybridized carbons (Fsp3) is 0.476. The van der Waals surface area contributed by atoms with Crippen molar-refractivity contribution >= 4 is 17.0 Å². The highest BCUT2D eigenvalue weighted by molar-refractivity contribution is 7.17. The fourth-order valence-corrected chi connectivity index (χ4v) is 4.62. The van der Waals surface area contributed by atoms with Gasteiger partial charge in [-0.05, 0) is 39.0 Å². The van der Waals surface area contributed by atoms with Crippen molar-refractivity contribution in [1.29, 1.82) is 0 Å². The second kappa shape index (κ2) is 8.91. The van der Waals surface area contributed by atoms with Crippen LogP contribution in [0.3, 0.4) is 0 Å². The van der Waals surface area contributed by atoms with Crippen LogP contribution in [-0.4, -0.2) is 67.0 Å². The molecule has 0 spiro atoms. The lowest BCUT2D eigenvalue weighted by molar-refractivity contribution is 0.0648. The molecule has 1 aromatic carbocycles. The number of ether oxygens (including phenoxy) is 1. The van der Waals surface area contributed by atoms with E-state index in [0.29, 0.717) is 23.1 Å². The number of aliphatic hydroxyl groups is 2. The average molecular weight is 445 g/mol. The zero-order valence-electron chi connectivity index (χ0n) is 17.9. The average Bonchev–Trinajstić information content (AvgIpc) is 3.35. The molecule has 0 saturated carbocycles. The predicted octanol–water partition coefficient (Wildman–Crippen LogP) is 1.78. The molecule has 10 heteroatoms. The minimum atomic E-state index is -0.253. The number of nitrogen functional groups attached to an aromatic ring is 1. The summed E-state index contributed by atoms with van der Waals surface area (Å²) < 4.78 is 7.54. The lowest BCUT2D eigenvalue weighted by Crippen LogP contribution is -2.43. The van der Waals surface area contributed by atoms with Crippen molar-refractivity contribution in [3.05, 3.63) is 35.2 Å². The summed E-state index contributed by atoms with van der Waals surface area (Å²) in [5.41, 5.74) is 10.7. The van der Waals surface area contributed by atoms with Crippen molar-refractivity contribution in [2.24, 2.45) is 0 Å². The summed E-state index contributed by atoms with van der Waals surface area (Å²) in [5.74, 6) is 0.660. The van der Waals surface area contributed by atoms with E-state index in [2.05, 4.69) is 15.1 Å². The second-order valence-electron chi connectivity index (χ2n) is 7.97. The number of aliphatic hydroxyl groups excluding tert-OH is 2. The molecular formula is C21H28N6O3S. The van der Waals surface area contributed by atoms with E-state index < -0.39 is 0 Å². The van der Waals surface area contributed by atoms with Crippen molar-refractivity contribution in [2.45, 2.75) is 45.9 Å². The third-order valence-corrected chi connectivity index (χ3v) is 6.42. The molecule has 2 aromatic heterocycles. The van der Waals surface area contributed by atoms with Crippen LogP contribution in [0.5, 0.6) is 5.75 Å². The van der Waals surface area contributed by atoms with Gasteiger partial charge in [0, 0.05) is 36.3 Å². The second-order valence-corrected chi connectivity index (χ2v) is 8.93. The van der Waals surface area contributed by atoms with Crippen LogP contribution in [0.2, 0.25) is 0 Å². The molecule has 4 N–H and O–H groups in total. The van der Waals surface area contributed by atoms with Crippen LogP contribution in [0.4, 0.5) is 5.69 Å². The first kappa shape index (κ1) is 21.7. The summed E-state index contributed by atoms with van der Waals surface area (Å²) >= 11 is 1.45. The Morgan fingerprint density at radius 1 is 1.23 bits per heavy atom. The fourth-order valence-electron chi connectivity index (χ4n) is 3.78. The number of rotatable bonds is 7. The van der Waals surface area contributed by atoms with Crippen LogP contribution >= 0.6 is 11.3 Å². The normalized spacial score (nSPS) is 14.4. The number of nitrogens with zero attached hydrogens (tertiary/aromatic N) is 5. The molecule has 9 nitrogen and oxygen atoms in total. The van der Waals surface area contributed by atoms with Crippen molar-refractivity contribution in [1.82, 2.24) is 24.9 Å². The molecular weight excluding hydrogens is 416 g/mol. The Hall–Kier alpha value is -2.53. The van der Waals surface area contributed by atoms with Crippen LogP contribution in [-0.2, 0) is 13.0 Å². The number of hydrogen-bond acceptors (Lipinski definition) is 9. The topological polar surface area (TPSA) is 123 Å². The summed E-state index contributed by atoms with van der Waals surface area (Å²) in [6.45, 7) is 7.20. The summed E-state index contributed by atoms with van der Waals surface area (Å²) in [4.78, 5) is 2.09. The van der Waals surface area contributed by atoms with Crippen molar-refractivity contribution < 1.29 is 14.9 Å². The van der Waals surface area contributed by atoms with E-state index in [1.165, 1.54) is 11.3 Å².